The van der Waals surface area contributed by atoms with Crippen LogP contribution in [0.4, 0.5) is 31.9 Å². The molecule has 12 heteroatoms. The first-order chi connectivity index (χ1) is 19.2. The van der Waals surface area contributed by atoms with E-state index < -0.39 is 24.6 Å². The van der Waals surface area contributed by atoms with Gasteiger partial charge in [-0.2, -0.15) is 13.8 Å². The van der Waals surface area contributed by atoms with Crippen molar-refractivity contribution in [2.45, 2.75) is 69.2 Å². The Balaban J connectivity index is 1.38. The minimum Gasteiger partial charge on any atom is -0.495 e. The number of likely N-dealkylation sites (tertiary alicyclic amines) is 1. The molecule has 5 rings (SSSR count). The number of carbonyl (C=O) groups excluding carboxylic acids is 1. The van der Waals surface area contributed by atoms with Crippen LogP contribution in [0.1, 0.15) is 56.7 Å². The fourth-order valence-corrected chi connectivity index (χ4v) is 5.93. The van der Waals surface area contributed by atoms with Gasteiger partial charge in [-0.15, -0.1) is 0 Å². The van der Waals surface area contributed by atoms with Crippen LogP contribution in [0, 0.1) is 0 Å². The highest BCUT2D eigenvalue weighted by Gasteiger charge is 2.48. The van der Waals surface area contributed by atoms with E-state index in [4.69, 9.17) is 4.74 Å². The summed E-state index contributed by atoms with van der Waals surface area (Å²) in [4.78, 5) is 26.3. The molecule has 218 valence electrons. The van der Waals surface area contributed by atoms with Crippen LogP contribution in [0.2, 0.25) is 0 Å². The molecule has 1 saturated heterocycles. The van der Waals surface area contributed by atoms with Gasteiger partial charge < -0.3 is 29.9 Å². The van der Waals surface area contributed by atoms with E-state index in [1.807, 2.05) is 0 Å². The van der Waals surface area contributed by atoms with E-state index in [9.17, 15) is 18.7 Å². The fourth-order valence-electron chi connectivity index (χ4n) is 5.93. The lowest BCUT2D eigenvalue weighted by atomic mass is 10.1. The molecule has 0 radical (unpaired) electrons. The van der Waals surface area contributed by atoms with E-state index in [0.29, 0.717) is 22.8 Å². The second-order valence-corrected chi connectivity index (χ2v) is 11.1. The number of aromatic nitrogens is 2. The number of nitrogens with one attached hydrogen (secondary N) is 2. The molecule has 3 aliphatic rings. The standard InChI is InChI=1S/C28H39F2N7O3/c1-35-13-6-7-19(12-14-35)32-25(38)18-10-11-21(23(15-18)40-3)33-27-31-16-22-24(34-27)37(20-8-4-5-9-20)17-28(29,30)26(39)36(22)2/h10-11,15-16,19-20,25,32,38H,4-9,12-14,17H2,1-3H3,(H,31,33,34). The number of aliphatic hydroxyl groups excluding tert-OH is 1. The summed E-state index contributed by atoms with van der Waals surface area (Å²) in [6, 6.07) is 5.42. The highest BCUT2D eigenvalue weighted by atomic mass is 19.3. The molecule has 1 amide bonds. The Labute approximate surface area is 233 Å². The van der Waals surface area contributed by atoms with Crippen molar-refractivity contribution in [1.82, 2.24) is 20.2 Å². The number of aliphatic hydroxyl groups is 1. The van der Waals surface area contributed by atoms with Crippen molar-refractivity contribution in [3.8, 4) is 5.75 Å². The quantitative estimate of drug-likeness (QED) is 0.439. The predicted molar refractivity (Wildman–Crippen MR) is 149 cm³/mol. The Hall–Kier alpha value is -3.09. The summed E-state index contributed by atoms with van der Waals surface area (Å²) < 4.78 is 35.3. The summed E-state index contributed by atoms with van der Waals surface area (Å²) in [6.45, 7) is 1.32. The van der Waals surface area contributed by atoms with E-state index >= 15 is 0 Å². The number of hydrogen-bond acceptors (Lipinski definition) is 9. The molecule has 0 spiro atoms. The number of hydrogen-bond donors (Lipinski definition) is 3. The van der Waals surface area contributed by atoms with Crippen molar-refractivity contribution < 1.29 is 23.4 Å². The number of anilines is 4. The van der Waals surface area contributed by atoms with E-state index in [1.54, 1.807) is 23.1 Å². The lowest BCUT2D eigenvalue weighted by Gasteiger charge is -2.31. The zero-order valence-electron chi connectivity index (χ0n) is 23.4. The third-order valence-electron chi connectivity index (χ3n) is 8.27. The highest BCUT2D eigenvalue weighted by Crippen LogP contribution is 2.40. The van der Waals surface area contributed by atoms with Crippen LogP contribution >= 0.6 is 0 Å². The van der Waals surface area contributed by atoms with Crippen LogP contribution in [0.15, 0.2) is 24.4 Å². The third kappa shape index (κ3) is 5.98. The summed E-state index contributed by atoms with van der Waals surface area (Å²) in [5, 5.41) is 17.4. The number of fused-ring (bicyclic) bond motifs is 1. The maximum Gasteiger partial charge on any atom is 0.342 e. The number of rotatable bonds is 7. The number of nitrogens with zero attached hydrogens (tertiary/aromatic N) is 5. The molecule has 0 bridgehead atoms. The minimum atomic E-state index is -3.54. The van der Waals surface area contributed by atoms with Gasteiger partial charge in [-0.3, -0.25) is 10.1 Å². The molecule has 3 N–H and O–H groups in total. The van der Waals surface area contributed by atoms with Gasteiger partial charge in [-0.05, 0) is 69.9 Å². The van der Waals surface area contributed by atoms with Crippen molar-refractivity contribution in [3.05, 3.63) is 30.0 Å². The maximum atomic E-state index is 14.9. The molecule has 2 aromatic rings. The maximum absolute atomic E-state index is 14.9. The smallest absolute Gasteiger partial charge is 0.342 e. The molecular weight excluding hydrogens is 520 g/mol. The van der Waals surface area contributed by atoms with Crippen LogP contribution in [-0.4, -0.2) is 84.7 Å². The van der Waals surface area contributed by atoms with Gasteiger partial charge in [0.15, 0.2) is 5.82 Å². The number of benzene rings is 1. The SMILES string of the molecule is COc1cc(C(O)NC2CCCN(C)CC2)ccc1Nc1ncc2c(n1)N(C1CCCC1)CC(F)(F)C(=O)N2C. The summed E-state index contributed by atoms with van der Waals surface area (Å²) in [5.41, 5.74) is 1.48. The largest absolute Gasteiger partial charge is 0.495 e. The molecule has 1 aromatic carbocycles. The fraction of sp³-hybridized carbons (Fsp3) is 0.607. The van der Waals surface area contributed by atoms with Crippen LogP contribution < -0.4 is 25.2 Å². The van der Waals surface area contributed by atoms with Gasteiger partial charge in [0.05, 0.1) is 25.5 Å². The first kappa shape index (κ1) is 28.4. The van der Waals surface area contributed by atoms with E-state index in [0.717, 1.165) is 62.9 Å². The lowest BCUT2D eigenvalue weighted by Crippen LogP contribution is -2.48. The number of methoxy groups -OCH3 is 1. The van der Waals surface area contributed by atoms with E-state index in [1.165, 1.54) is 20.4 Å². The Kier molecular flexibility index (Phi) is 8.39. The molecule has 1 aromatic heterocycles. The van der Waals surface area contributed by atoms with E-state index in [2.05, 4.69) is 32.5 Å². The lowest BCUT2D eigenvalue weighted by molar-refractivity contribution is -0.140. The molecule has 2 atom stereocenters. The van der Waals surface area contributed by atoms with Crippen LogP contribution in [0.3, 0.4) is 0 Å². The summed E-state index contributed by atoms with van der Waals surface area (Å²) in [5.74, 6) is -3.82. The average Bonchev–Trinajstić information content (AvgIpc) is 3.38. The van der Waals surface area contributed by atoms with Gasteiger partial charge in [0.2, 0.25) is 5.95 Å². The molecule has 3 heterocycles. The van der Waals surface area contributed by atoms with Gasteiger partial charge in [-0.1, -0.05) is 18.9 Å². The van der Waals surface area contributed by atoms with Gasteiger partial charge in [0.25, 0.3) is 5.91 Å². The van der Waals surface area contributed by atoms with Gasteiger partial charge in [0.1, 0.15) is 17.7 Å². The highest BCUT2D eigenvalue weighted by molar-refractivity contribution is 6.02. The number of amides is 1. The Bertz CT molecular complexity index is 1210. The predicted octanol–water partition coefficient (Wildman–Crippen LogP) is 3.65. The van der Waals surface area contributed by atoms with Crippen LogP contribution in [-0.2, 0) is 4.79 Å². The summed E-state index contributed by atoms with van der Waals surface area (Å²) in [6.07, 6.45) is 7.03. The number of halogens is 2. The summed E-state index contributed by atoms with van der Waals surface area (Å²) in [7, 11) is 4.98. The third-order valence-corrected chi connectivity index (χ3v) is 8.27. The van der Waals surface area contributed by atoms with Gasteiger partial charge in [0, 0.05) is 19.1 Å². The minimum absolute atomic E-state index is 0.122. The number of carbonyl (C=O) groups is 1. The van der Waals surface area contributed by atoms with Crippen molar-refractivity contribution in [3.63, 3.8) is 0 Å². The van der Waals surface area contributed by atoms with Gasteiger partial charge in [-0.25, -0.2) is 4.98 Å². The first-order valence-corrected chi connectivity index (χ1v) is 14.0. The molecular formula is C28H39F2N7O3. The second kappa shape index (κ2) is 11.8. The average molecular weight is 560 g/mol. The topological polar surface area (TPSA) is 106 Å². The monoisotopic (exact) mass is 559 g/mol. The van der Waals surface area contributed by atoms with Crippen molar-refractivity contribution in [1.29, 1.82) is 0 Å². The molecule has 1 aliphatic carbocycles. The molecule has 10 nitrogen and oxygen atoms in total. The summed E-state index contributed by atoms with van der Waals surface area (Å²) >= 11 is 0. The van der Waals surface area contributed by atoms with E-state index in [-0.39, 0.29) is 23.7 Å². The molecule has 2 aliphatic heterocycles. The van der Waals surface area contributed by atoms with Crippen LogP contribution in [0.25, 0.3) is 0 Å². The molecule has 40 heavy (non-hydrogen) atoms. The number of ether oxygens (including phenoxy) is 1. The molecule has 2 unspecified atom stereocenters. The zero-order chi connectivity index (χ0) is 28.4. The van der Waals surface area contributed by atoms with Gasteiger partial charge >= 0.3 is 5.92 Å². The van der Waals surface area contributed by atoms with Crippen molar-refractivity contribution in [2.75, 3.05) is 56.0 Å². The Morgan fingerprint density at radius 2 is 1.90 bits per heavy atom. The Morgan fingerprint density at radius 3 is 2.65 bits per heavy atom. The Morgan fingerprint density at radius 1 is 1.12 bits per heavy atom. The second-order valence-electron chi connectivity index (χ2n) is 11.1. The normalized spacial score (nSPS) is 22.9. The zero-order valence-corrected chi connectivity index (χ0v) is 23.4. The van der Waals surface area contributed by atoms with Crippen molar-refractivity contribution in [2.24, 2.45) is 0 Å². The van der Waals surface area contributed by atoms with Crippen LogP contribution in [0.5, 0.6) is 5.75 Å². The first-order valence-electron chi connectivity index (χ1n) is 14.0. The number of alkyl halides is 2. The molecule has 1 saturated carbocycles. The van der Waals surface area contributed by atoms with Crippen molar-refractivity contribution >= 4 is 29.0 Å². The molecule has 2 fully saturated rings.